The molecule has 1 unspecified atom stereocenters. The highest BCUT2D eigenvalue weighted by atomic mass is 32.1. The van der Waals surface area contributed by atoms with E-state index >= 15 is 0 Å². The normalized spacial score (nSPS) is 16.9. The lowest BCUT2D eigenvalue weighted by atomic mass is 9.91. The summed E-state index contributed by atoms with van der Waals surface area (Å²) in [6.07, 6.45) is 6.80. The van der Waals surface area contributed by atoms with E-state index in [1.807, 2.05) is 18.2 Å². The van der Waals surface area contributed by atoms with E-state index in [1.54, 1.807) is 22.2 Å². The molecule has 0 saturated heterocycles. The van der Waals surface area contributed by atoms with E-state index in [1.165, 1.54) is 10.4 Å². The number of rotatable bonds is 9. The van der Waals surface area contributed by atoms with Gasteiger partial charge in [-0.2, -0.15) is 0 Å². The predicted octanol–water partition coefficient (Wildman–Crippen LogP) is 3.44. The number of nitrogens with zero attached hydrogens (tertiary/aromatic N) is 2. The number of carbonyl (C=O) groups excluding carboxylic acids is 1. The summed E-state index contributed by atoms with van der Waals surface area (Å²) in [5.41, 5.74) is 8.13. The first-order valence-electron chi connectivity index (χ1n) is 11.5. The Hall–Kier alpha value is -2.51. The number of benzene rings is 1. The quantitative estimate of drug-likeness (QED) is 0.520. The van der Waals surface area contributed by atoms with Gasteiger partial charge in [-0.15, -0.1) is 11.3 Å². The number of nitrogens with one attached hydrogen (secondary N) is 1. The highest BCUT2D eigenvalue weighted by molar-refractivity contribution is 7.18. The predicted molar refractivity (Wildman–Crippen MR) is 130 cm³/mol. The van der Waals surface area contributed by atoms with Gasteiger partial charge in [-0.05, 0) is 55.6 Å². The third kappa shape index (κ3) is 5.10. The van der Waals surface area contributed by atoms with Crippen molar-refractivity contribution in [2.45, 2.75) is 71.0 Å². The molecule has 1 aliphatic rings. The van der Waals surface area contributed by atoms with E-state index in [4.69, 9.17) is 5.73 Å². The second-order valence-electron chi connectivity index (χ2n) is 9.21. The third-order valence-electron chi connectivity index (χ3n) is 6.23. The van der Waals surface area contributed by atoms with Crippen molar-refractivity contribution < 1.29 is 4.79 Å². The Kier molecular flexibility index (Phi) is 7.06. The molecular weight excluding hydrogens is 420 g/mol. The number of hydrogen-bond acceptors (Lipinski definition) is 5. The molecule has 0 saturated carbocycles. The van der Waals surface area contributed by atoms with Crippen LogP contribution in [0, 0.1) is 5.92 Å². The molecule has 0 bridgehead atoms. The molecule has 0 radical (unpaired) electrons. The Morgan fingerprint density at radius 1 is 1.31 bits per heavy atom. The summed E-state index contributed by atoms with van der Waals surface area (Å²) < 4.78 is 1.76. The van der Waals surface area contributed by atoms with Crippen molar-refractivity contribution in [1.29, 1.82) is 0 Å². The first kappa shape index (κ1) is 22.7. The lowest BCUT2D eigenvalue weighted by Gasteiger charge is -2.28. The maximum Gasteiger partial charge on any atom is 0.262 e. The Bertz CT molecular complexity index is 1140. The molecule has 0 aliphatic heterocycles. The summed E-state index contributed by atoms with van der Waals surface area (Å²) >= 11 is 1.62. The highest BCUT2D eigenvalue weighted by Crippen LogP contribution is 2.34. The zero-order chi connectivity index (χ0) is 22.7. The fourth-order valence-corrected chi connectivity index (χ4v) is 5.88. The number of hydrogen-bond donors (Lipinski definition) is 2. The molecule has 6 nitrogen and oxygen atoms in total. The van der Waals surface area contributed by atoms with Crippen molar-refractivity contribution >= 4 is 27.5 Å². The van der Waals surface area contributed by atoms with Crippen molar-refractivity contribution in [3.8, 4) is 0 Å². The zero-order valence-corrected chi connectivity index (χ0v) is 19.7. The van der Waals surface area contributed by atoms with Crippen LogP contribution in [0.4, 0.5) is 0 Å². The van der Waals surface area contributed by atoms with Gasteiger partial charge in [-0.3, -0.25) is 14.2 Å². The number of carbonyl (C=O) groups is 1. The SMILES string of the molecule is CC(C)C[C@H](NC1CCc2c(sc3ncn(CCCc4ccccc4)c(=O)c23)C1)C(N)=O. The number of thiophene rings is 1. The molecule has 1 aromatic carbocycles. The van der Waals surface area contributed by atoms with Crippen LogP contribution in [-0.4, -0.2) is 27.5 Å². The smallest absolute Gasteiger partial charge is 0.262 e. The fraction of sp³-hybridized carbons (Fsp3) is 0.480. The molecule has 1 aliphatic carbocycles. The van der Waals surface area contributed by atoms with Crippen molar-refractivity contribution in [3.05, 3.63) is 63.0 Å². The Morgan fingerprint density at radius 2 is 2.09 bits per heavy atom. The van der Waals surface area contributed by atoms with Crippen LogP contribution in [-0.2, 0) is 30.6 Å². The van der Waals surface area contributed by atoms with Crippen LogP contribution in [0.15, 0.2) is 41.5 Å². The van der Waals surface area contributed by atoms with Crippen LogP contribution >= 0.6 is 11.3 Å². The van der Waals surface area contributed by atoms with Gasteiger partial charge in [-0.25, -0.2) is 4.98 Å². The van der Waals surface area contributed by atoms with Gasteiger partial charge in [0.1, 0.15) is 4.83 Å². The van der Waals surface area contributed by atoms with Gasteiger partial charge in [0, 0.05) is 17.5 Å². The molecule has 1 amide bonds. The van der Waals surface area contributed by atoms with Crippen LogP contribution in [0.1, 0.15) is 49.1 Å². The summed E-state index contributed by atoms with van der Waals surface area (Å²) in [6, 6.07) is 10.2. The summed E-state index contributed by atoms with van der Waals surface area (Å²) in [7, 11) is 0. The van der Waals surface area contributed by atoms with Crippen molar-refractivity contribution in [2.75, 3.05) is 0 Å². The van der Waals surface area contributed by atoms with Crippen LogP contribution < -0.4 is 16.6 Å². The van der Waals surface area contributed by atoms with Crippen molar-refractivity contribution in [2.24, 2.45) is 11.7 Å². The monoisotopic (exact) mass is 452 g/mol. The van der Waals surface area contributed by atoms with Gasteiger partial charge in [0.25, 0.3) is 5.56 Å². The number of amides is 1. The van der Waals surface area contributed by atoms with Crippen molar-refractivity contribution in [1.82, 2.24) is 14.9 Å². The summed E-state index contributed by atoms with van der Waals surface area (Å²) in [4.78, 5) is 31.7. The standard InChI is InChI=1S/C25H32N4O2S/c1-16(2)13-20(23(26)30)28-18-10-11-19-21(14-18)32-24-22(19)25(31)29(15-27-24)12-6-9-17-7-4-3-5-8-17/h3-5,7-8,15-16,18,20,28H,6,9-14H2,1-2H3,(H2,26,30)/t18?,20-/m0/s1. The summed E-state index contributed by atoms with van der Waals surface area (Å²) in [5, 5.41) is 4.26. The van der Waals surface area contributed by atoms with Crippen molar-refractivity contribution in [3.63, 3.8) is 0 Å². The lowest BCUT2D eigenvalue weighted by Crippen LogP contribution is -2.48. The second-order valence-corrected chi connectivity index (χ2v) is 10.3. The molecule has 2 atom stereocenters. The maximum absolute atomic E-state index is 13.2. The average Bonchev–Trinajstić information content (AvgIpc) is 3.14. The molecule has 170 valence electrons. The number of aryl methyl sites for hydroxylation is 3. The fourth-order valence-electron chi connectivity index (χ4n) is 4.62. The lowest BCUT2D eigenvalue weighted by molar-refractivity contribution is -0.120. The number of aromatic nitrogens is 2. The van der Waals surface area contributed by atoms with Gasteiger partial charge in [0.15, 0.2) is 0 Å². The van der Waals surface area contributed by atoms with Crippen LogP contribution in [0.3, 0.4) is 0 Å². The average molecular weight is 453 g/mol. The van der Waals surface area contributed by atoms with Gasteiger partial charge >= 0.3 is 0 Å². The molecule has 7 heteroatoms. The highest BCUT2D eigenvalue weighted by Gasteiger charge is 2.28. The van der Waals surface area contributed by atoms with E-state index in [-0.39, 0.29) is 23.6 Å². The molecule has 3 aromatic rings. The Balaban J connectivity index is 1.48. The van der Waals surface area contributed by atoms with Crippen LogP contribution in [0.2, 0.25) is 0 Å². The summed E-state index contributed by atoms with van der Waals surface area (Å²) in [5.74, 6) is 0.105. The molecule has 4 rings (SSSR count). The van der Waals surface area contributed by atoms with Crippen LogP contribution in [0.5, 0.6) is 0 Å². The minimum absolute atomic E-state index is 0.0711. The summed E-state index contributed by atoms with van der Waals surface area (Å²) in [6.45, 7) is 4.86. The number of fused-ring (bicyclic) bond motifs is 3. The molecular formula is C25H32N4O2S. The van der Waals surface area contributed by atoms with E-state index in [0.29, 0.717) is 12.5 Å². The molecule has 0 spiro atoms. The van der Waals surface area contributed by atoms with E-state index in [9.17, 15) is 9.59 Å². The number of primary amides is 1. The Labute approximate surface area is 192 Å². The molecule has 2 aromatic heterocycles. The second kappa shape index (κ2) is 9.96. The van der Waals surface area contributed by atoms with E-state index < -0.39 is 0 Å². The van der Waals surface area contributed by atoms with Gasteiger partial charge < -0.3 is 11.1 Å². The van der Waals surface area contributed by atoms with Crippen LogP contribution in [0.25, 0.3) is 10.2 Å². The molecule has 0 fully saturated rings. The third-order valence-corrected chi connectivity index (χ3v) is 7.39. The minimum Gasteiger partial charge on any atom is -0.368 e. The van der Waals surface area contributed by atoms with Gasteiger partial charge in [0.05, 0.1) is 17.8 Å². The van der Waals surface area contributed by atoms with Gasteiger partial charge in [0.2, 0.25) is 5.91 Å². The van der Waals surface area contributed by atoms with E-state index in [2.05, 4.69) is 36.3 Å². The molecule has 2 heterocycles. The molecule has 3 N–H and O–H groups in total. The van der Waals surface area contributed by atoms with E-state index in [0.717, 1.165) is 54.3 Å². The Morgan fingerprint density at radius 3 is 2.81 bits per heavy atom. The minimum atomic E-state index is -0.309. The zero-order valence-electron chi connectivity index (χ0n) is 18.8. The largest absolute Gasteiger partial charge is 0.368 e. The van der Waals surface area contributed by atoms with Gasteiger partial charge in [-0.1, -0.05) is 44.2 Å². The first-order valence-corrected chi connectivity index (χ1v) is 12.3. The molecule has 32 heavy (non-hydrogen) atoms. The number of nitrogens with two attached hydrogens (primary N) is 1. The first-order chi connectivity index (χ1) is 15.4. The topological polar surface area (TPSA) is 90.0 Å². The maximum atomic E-state index is 13.2.